The molecule has 0 unspecified atom stereocenters. The fourth-order valence-corrected chi connectivity index (χ4v) is 5.03. The summed E-state index contributed by atoms with van der Waals surface area (Å²) >= 11 is 2.85. The SMILES string of the molecule is Cc1sc2nc(SCC(=O)NCCC3=CCCCC3)n(C)c(=O)c2c1C. The number of hydrogen-bond acceptors (Lipinski definition) is 5. The molecule has 0 radical (unpaired) electrons. The molecule has 1 N–H and O–H groups in total. The molecule has 0 saturated heterocycles. The van der Waals surface area contributed by atoms with Gasteiger partial charge in [0, 0.05) is 18.5 Å². The molecular weight excluding hydrogens is 366 g/mol. The largest absolute Gasteiger partial charge is 0.355 e. The third-order valence-electron chi connectivity index (χ3n) is 4.86. The Morgan fingerprint density at radius 1 is 1.38 bits per heavy atom. The molecular formula is C19H25N3O2S2. The number of hydrogen-bond donors (Lipinski definition) is 1. The Hall–Kier alpha value is -1.60. The van der Waals surface area contributed by atoms with Crippen molar-refractivity contribution in [3.63, 3.8) is 0 Å². The second-order valence-corrected chi connectivity index (χ2v) is 8.86. The van der Waals surface area contributed by atoms with Crippen LogP contribution in [0.25, 0.3) is 10.2 Å². The summed E-state index contributed by atoms with van der Waals surface area (Å²) in [4.78, 5) is 31.2. The minimum absolute atomic E-state index is 0.0145. The van der Waals surface area contributed by atoms with Crippen molar-refractivity contribution < 1.29 is 4.79 Å². The number of carbonyl (C=O) groups excluding carboxylic acids is 1. The number of nitrogens with zero attached hydrogens (tertiary/aromatic N) is 2. The maximum absolute atomic E-state index is 12.6. The van der Waals surface area contributed by atoms with Crippen LogP contribution in [0.5, 0.6) is 0 Å². The van der Waals surface area contributed by atoms with Crippen molar-refractivity contribution in [1.82, 2.24) is 14.9 Å². The van der Waals surface area contributed by atoms with Crippen molar-refractivity contribution in [1.29, 1.82) is 0 Å². The van der Waals surface area contributed by atoms with E-state index >= 15 is 0 Å². The van der Waals surface area contributed by atoms with Crippen LogP contribution in [0, 0.1) is 13.8 Å². The van der Waals surface area contributed by atoms with E-state index in [1.807, 2.05) is 13.8 Å². The molecule has 0 fully saturated rings. The molecule has 0 saturated carbocycles. The maximum atomic E-state index is 12.6. The van der Waals surface area contributed by atoms with Gasteiger partial charge in [0.2, 0.25) is 5.91 Å². The van der Waals surface area contributed by atoms with Crippen LogP contribution < -0.4 is 10.9 Å². The summed E-state index contributed by atoms with van der Waals surface area (Å²) < 4.78 is 1.55. The van der Waals surface area contributed by atoms with Gasteiger partial charge in [-0.25, -0.2) is 4.98 Å². The summed E-state index contributed by atoms with van der Waals surface area (Å²) in [6.45, 7) is 4.64. The van der Waals surface area contributed by atoms with Gasteiger partial charge >= 0.3 is 0 Å². The molecule has 1 aliphatic carbocycles. The van der Waals surface area contributed by atoms with Gasteiger partial charge < -0.3 is 5.32 Å². The van der Waals surface area contributed by atoms with Gasteiger partial charge in [0.1, 0.15) is 4.83 Å². The Morgan fingerprint density at radius 2 is 2.19 bits per heavy atom. The Kier molecular flexibility index (Phi) is 6.19. The van der Waals surface area contributed by atoms with Crippen LogP contribution in [0.2, 0.25) is 0 Å². The number of amides is 1. The summed E-state index contributed by atoms with van der Waals surface area (Å²) in [5.74, 6) is 0.257. The molecule has 3 rings (SSSR count). The first-order valence-electron chi connectivity index (χ1n) is 9.01. The number of nitrogens with one attached hydrogen (secondary N) is 1. The van der Waals surface area contributed by atoms with Gasteiger partial charge in [-0.15, -0.1) is 11.3 Å². The first-order valence-corrected chi connectivity index (χ1v) is 10.8. The highest BCUT2D eigenvalue weighted by Gasteiger charge is 2.15. The molecule has 5 nitrogen and oxygen atoms in total. The lowest BCUT2D eigenvalue weighted by Gasteiger charge is -2.13. The molecule has 0 atom stereocenters. The number of rotatable bonds is 6. The number of aryl methyl sites for hydroxylation is 2. The highest BCUT2D eigenvalue weighted by Crippen LogP contribution is 2.28. The first-order chi connectivity index (χ1) is 12.5. The molecule has 0 spiro atoms. The molecule has 0 bridgehead atoms. The van der Waals surface area contributed by atoms with Crippen LogP contribution in [0.3, 0.4) is 0 Å². The lowest BCUT2D eigenvalue weighted by Crippen LogP contribution is -2.27. The number of carbonyl (C=O) groups is 1. The minimum atomic E-state index is -0.0380. The van der Waals surface area contributed by atoms with E-state index in [9.17, 15) is 9.59 Å². The zero-order valence-electron chi connectivity index (χ0n) is 15.6. The van der Waals surface area contributed by atoms with E-state index < -0.39 is 0 Å². The van der Waals surface area contributed by atoms with E-state index in [1.165, 1.54) is 47.9 Å². The van der Waals surface area contributed by atoms with Crippen LogP contribution in [-0.4, -0.2) is 27.8 Å². The number of fused-ring (bicyclic) bond motifs is 1. The van der Waals surface area contributed by atoms with Gasteiger partial charge in [-0.2, -0.15) is 0 Å². The predicted molar refractivity (Wildman–Crippen MR) is 109 cm³/mol. The fourth-order valence-electron chi connectivity index (χ4n) is 3.16. The van der Waals surface area contributed by atoms with Crippen LogP contribution in [0.4, 0.5) is 0 Å². The van der Waals surface area contributed by atoms with E-state index in [0.29, 0.717) is 17.1 Å². The number of thioether (sulfide) groups is 1. The van der Waals surface area contributed by atoms with Gasteiger partial charge in [-0.05, 0) is 51.5 Å². The average molecular weight is 392 g/mol. The molecule has 1 aliphatic rings. The van der Waals surface area contributed by atoms with Gasteiger partial charge in [-0.1, -0.05) is 23.4 Å². The van der Waals surface area contributed by atoms with Gasteiger partial charge in [0.25, 0.3) is 5.56 Å². The van der Waals surface area contributed by atoms with Crippen molar-refractivity contribution in [2.45, 2.75) is 51.1 Å². The van der Waals surface area contributed by atoms with Crippen molar-refractivity contribution in [3.05, 3.63) is 32.4 Å². The monoisotopic (exact) mass is 391 g/mol. The Morgan fingerprint density at radius 3 is 2.92 bits per heavy atom. The lowest BCUT2D eigenvalue weighted by atomic mass is 9.97. The molecule has 1 amide bonds. The standard InChI is InChI=1S/C19H25N3O2S2/c1-12-13(2)26-17-16(12)18(24)22(3)19(21-17)25-11-15(23)20-10-9-14-7-5-4-6-8-14/h7H,4-6,8-11H2,1-3H3,(H,20,23). The minimum Gasteiger partial charge on any atom is -0.355 e. The van der Waals surface area contributed by atoms with Gasteiger partial charge in [-0.3, -0.25) is 14.2 Å². The topological polar surface area (TPSA) is 64.0 Å². The summed E-state index contributed by atoms with van der Waals surface area (Å²) in [5.41, 5.74) is 2.43. The fraction of sp³-hybridized carbons (Fsp3) is 0.526. The smallest absolute Gasteiger partial charge is 0.262 e. The van der Waals surface area contributed by atoms with Gasteiger partial charge in [0.05, 0.1) is 11.1 Å². The normalized spacial score (nSPS) is 14.5. The number of allylic oxidation sites excluding steroid dienone is 1. The molecule has 0 aliphatic heterocycles. The highest BCUT2D eigenvalue weighted by molar-refractivity contribution is 7.99. The van der Waals surface area contributed by atoms with Crippen molar-refractivity contribution in [3.8, 4) is 0 Å². The summed E-state index contributed by atoms with van der Waals surface area (Å²) in [5, 5.41) is 4.26. The molecule has 26 heavy (non-hydrogen) atoms. The number of aromatic nitrogens is 2. The summed E-state index contributed by atoms with van der Waals surface area (Å²) in [6, 6.07) is 0. The molecule has 7 heteroatoms. The van der Waals surface area contributed by atoms with Crippen LogP contribution in [-0.2, 0) is 11.8 Å². The Labute approximate surface area is 161 Å². The molecule has 140 valence electrons. The van der Waals surface area contributed by atoms with Crippen molar-refractivity contribution in [2.75, 3.05) is 12.3 Å². The van der Waals surface area contributed by atoms with Crippen LogP contribution in [0.15, 0.2) is 21.6 Å². The van der Waals surface area contributed by atoms with Crippen LogP contribution in [0.1, 0.15) is 42.5 Å². The third-order valence-corrected chi connectivity index (χ3v) is 6.99. The second kappa shape index (κ2) is 8.39. The maximum Gasteiger partial charge on any atom is 0.262 e. The zero-order valence-corrected chi connectivity index (χ0v) is 17.2. The predicted octanol–water partition coefficient (Wildman–Crippen LogP) is 3.71. The Balaban J connectivity index is 1.59. The molecule has 2 heterocycles. The number of thiophene rings is 1. The second-order valence-electron chi connectivity index (χ2n) is 6.72. The molecule has 2 aromatic rings. The van der Waals surface area contributed by atoms with E-state index in [0.717, 1.165) is 28.1 Å². The molecule has 2 aromatic heterocycles. The van der Waals surface area contributed by atoms with Crippen LogP contribution >= 0.6 is 23.1 Å². The van der Waals surface area contributed by atoms with E-state index in [1.54, 1.807) is 11.6 Å². The lowest BCUT2D eigenvalue weighted by molar-refractivity contribution is -0.118. The summed E-state index contributed by atoms with van der Waals surface area (Å²) in [7, 11) is 1.72. The quantitative estimate of drug-likeness (QED) is 0.463. The molecule has 0 aromatic carbocycles. The van der Waals surface area contributed by atoms with Crippen molar-refractivity contribution >= 4 is 39.2 Å². The third kappa shape index (κ3) is 4.20. The van der Waals surface area contributed by atoms with E-state index in [-0.39, 0.29) is 17.2 Å². The van der Waals surface area contributed by atoms with E-state index in [2.05, 4.69) is 16.4 Å². The van der Waals surface area contributed by atoms with E-state index in [4.69, 9.17) is 0 Å². The zero-order chi connectivity index (χ0) is 18.7. The highest BCUT2D eigenvalue weighted by atomic mass is 32.2. The van der Waals surface area contributed by atoms with Crippen molar-refractivity contribution in [2.24, 2.45) is 7.05 Å². The summed E-state index contributed by atoms with van der Waals surface area (Å²) in [6.07, 6.45) is 8.13. The first kappa shape index (κ1) is 19.2. The van der Waals surface area contributed by atoms with Gasteiger partial charge in [0.15, 0.2) is 5.16 Å². The average Bonchev–Trinajstić information content (AvgIpc) is 2.92. The Bertz CT molecular complexity index is 912.